The molecule has 1 saturated heterocycles. The molecule has 1 aromatic heterocycles. The van der Waals surface area contributed by atoms with Gasteiger partial charge in [0.25, 0.3) is 5.56 Å². The van der Waals surface area contributed by atoms with Crippen LogP contribution in [0.4, 0.5) is 0 Å². The van der Waals surface area contributed by atoms with Crippen LogP contribution >= 0.6 is 0 Å². The average molecular weight is 272 g/mol. The summed E-state index contributed by atoms with van der Waals surface area (Å²) < 4.78 is 0. The minimum Gasteiger partial charge on any atom is -0.329 e. The molecule has 0 aliphatic carbocycles. The number of carbonyl (C=O) groups excluding carboxylic acids is 1. The topological polar surface area (TPSA) is 62.0 Å². The summed E-state index contributed by atoms with van der Waals surface area (Å²) in [6.07, 6.45) is 3.86. The lowest BCUT2D eigenvalue weighted by Crippen LogP contribution is -2.28. The Labute approximate surface area is 118 Å². The molecule has 20 heavy (non-hydrogen) atoms. The lowest BCUT2D eigenvalue weighted by atomic mass is 10.1. The summed E-state index contributed by atoms with van der Waals surface area (Å²) in [5, 5.41) is 4.86. The number of aromatic nitrogens is 1. The number of aryl methyl sites for hydroxylation is 1. The maximum Gasteiger partial charge on any atom is 0.255 e. The van der Waals surface area contributed by atoms with Crippen LogP contribution in [0.15, 0.2) is 35.3 Å². The van der Waals surface area contributed by atoms with Gasteiger partial charge in [0.05, 0.1) is 6.04 Å². The molecule has 2 heterocycles. The normalized spacial score (nSPS) is 17.6. The maximum atomic E-state index is 11.2. The van der Waals surface area contributed by atoms with E-state index in [1.807, 2.05) is 31.2 Å². The van der Waals surface area contributed by atoms with Gasteiger partial charge in [0.1, 0.15) is 5.78 Å². The van der Waals surface area contributed by atoms with Gasteiger partial charge in [-0.05, 0) is 50.8 Å². The molecule has 4 nitrogen and oxygen atoms in total. The third kappa shape index (κ3) is 3.54. The number of nitrogens with one attached hydrogen (secondary N) is 2. The molecule has 0 radical (unpaired) electrons. The number of fused-ring (bicyclic) bond motifs is 1. The molecular formula is C16H20N2O2. The van der Waals surface area contributed by atoms with Crippen molar-refractivity contribution in [3.05, 3.63) is 46.4 Å². The zero-order valence-corrected chi connectivity index (χ0v) is 11.9. The van der Waals surface area contributed by atoms with Gasteiger partial charge in [-0.3, -0.25) is 9.59 Å². The highest BCUT2D eigenvalue weighted by Gasteiger charge is 2.17. The van der Waals surface area contributed by atoms with Crippen LogP contribution in [0, 0.1) is 6.92 Å². The van der Waals surface area contributed by atoms with Crippen molar-refractivity contribution in [3.63, 3.8) is 0 Å². The van der Waals surface area contributed by atoms with E-state index in [0.717, 1.165) is 30.2 Å². The van der Waals surface area contributed by atoms with Crippen molar-refractivity contribution in [2.45, 2.75) is 32.7 Å². The van der Waals surface area contributed by atoms with E-state index >= 15 is 0 Å². The van der Waals surface area contributed by atoms with Gasteiger partial charge in [-0.1, -0.05) is 17.7 Å². The number of aromatic amines is 1. The highest BCUT2D eigenvalue weighted by Crippen LogP contribution is 2.10. The summed E-state index contributed by atoms with van der Waals surface area (Å²) in [6, 6.07) is 7.88. The summed E-state index contributed by atoms with van der Waals surface area (Å²) in [7, 11) is 0. The molecule has 0 saturated carbocycles. The van der Waals surface area contributed by atoms with Gasteiger partial charge in [0, 0.05) is 11.6 Å². The smallest absolute Gasteiger partial charge is 0.255 e. The van der Waals surface area contributed by atoms with Crippen molar-refractivity contribution in [3.8, 4) is 0 Å². The van der Waals surface area contributed by atoms with E-state index in [-0.39, 0.29) is 17.4 Å². The number of rotatable bonds is 1. The monoisotopic (exact) mass is 272 g/mol. The van der Waals surface area contributed by atoms with Crippen molar-refractivity contribution in [1.82, 2.24) is 10.3 Å². The number of pyridine rings is 1. The standard InChI is InChI=1S/C10H9NO.C6H11NO/c1-7-2-3-9-8(6-7)4-5-11-10(9)12;1-5(8)6-3-2-4-7-6/h2-6H,1H3,(H,11,12);6-7H,2-4H2,1H3/t;6-/m.0/s1. The number of hydrogen-bond acceptors (Lipinski definition) is 3. The molecule has 1 atom stereocenters. The average Bonchev–Trinajstić information content (AvgIpc) is 2.93. The quantitative estimate of drug-likeness (QED) is 0.836. The Balaban J connectivity index is 0.000000160. The van der Waals surface area contributed by atoms with Crippen molar-refractivity contribution in [1.29, 1.82) is 0 Å². The molecule has 1 aliphatic rings. The predicted molar refractivity (Wildman–Crippen MR) is 81.0 cm³/mol. The Hall–Kier alpha value is -1.94. The zero-order chi connectivity index (χ0) is 14.5. The number of carbonyl (C=O) groups is 1. The van der Waals surface area contributed by atoms with Crippen LogP contribution in [0.25, 0.3) is 10.8 Å². The SMILES string of the molecule is CC(=O)[C@@H]1CCCN1.Cc1ccc2c(=O)[nH]ccc2c1. The fraction of sp³-hybridized carbons (Fsp3) is 0.375. The predicted octanol–water partition coefficient (Wildman–Crippen LogP) is 2.16. The van der Waals surface area contributed by atoms with Crippen LogP contribution in [0.2, 0.25) is 0 Å². The largest absolute Gasteiger partial charge is 0.329 e. The number of ketones is 1. The molecule has 0 bridgehead atoms. The first-order valence-corrected chi connectivity index (χ1v) is 6.90. The molecule has 1 aromatic carbocycles. The minimum atomic E-state index is -0.0208. The lowest BCUT2D eigenvalue weighted by molar-refractivity contribution is -0.118. The van der Waals surface area contributed by atoms with Crippen molar-refractivity contribution < 1.29 is 4.79 Å². The highest BCUT2D eigenvalue weighted by atomic mass is 16.1. The van der Waals surface area contributed by atoms with E-state index in [1.54, 1.807) is 13.1 Å². The number of Topliss-reactive ketones (excluding diaryl/α,β-unsaturated/α-hetero) is 1. The van der Waals surface area contributed by atoms with E-state index in [0.29, 0.717) is 0 Å². The van der Waals surface area contributed by atoms with E-state index in [1.165, 1.54) is 5.56 Å². The van der Waals surface area contributed by atoms with Crippen LogP contribution < -0.4 is 10.9 Å². The van der Waals surface area contributed by atoms with Gasteiger partial charge in [-0.25, -0.2) is 0 Å². The number of benzene rings is 1. The molecule has 2 N–H and O–H groups in total. The molecule has 1 aliphatic heterocycles. The van der Waals surface area contributed by atoms with E-state index in [4.69, 9.17) is 0 Å². The third-order valence-corrected chi connectivity index (χ3v) is 3.48. The summed E-state index contributed by atoms with van der Waals surface area (Å²) in [5.74, 6) is 0.280. The van der Waals surface area contributed by atoms with E-state index in [9.17, 15) is 9.59 Å². The van der Waals surface area contributed by atoms with Gasteiger partial charge in [-0.15, -0.1) is 0 Å². The fourth-order valence-corrected chi connectivity index (χ4v) is 2.34. The minimum absolute atomic E-state index is 0.0208. The highest BCUT2D eigenvalue weighted by molar-refractivity contribution is 5.82. The van der Waals surface area contributed by atoms with Crippen LogP contribution in [-0.4, -0.2) is 23.4 Å². The second-order valence-corrected chi connectivity index (χ2v) is 5.16. The Morgan fingerprint density at radius 2 is 2.10 bits per heavy atom. The van der Waals surface area contributed by atoms with Crippen molar-refractivity contribution >= 4 is 16.6 Å². The zero-order valence-electron chi connectivity index (χ0n) is 11.9. The molecule has 2 aromatic rings. The Morgan fingerprint density at radius 3 is 2.70 bits per heavy atom. The maximum absolute atomic E-state index is 11.2. The van der Waals surface area contributed by atoms with Crippen molar-refractivity contribution in [2.75, 3.05) is 6.54 Å². The van der Waals surface area contributed by atoms with E-state index in [2.05, 4.69) is 10.3 Å². The molecule has 0 amide bonds. The molecule has 106 valence electrons. The van der Waals surface area contributed by atoms with Crippen LogP contribution in [0.1, 0.15) is 25.3 Å². The summed E-state index contributed by atoms with van der Waals surface area (Å²) in [6.45, 7) is 4.67. The van der Waals surface area contributed by atoms with Gasteiger partial charge < -0.3 is 10.3 Å². The Kier molecular flexibility index (Phi) is 4.69. The first-order valence-electron chi connectivity index (χ1n) is 6.90. The first-order chi connectivity index (χ1) is 9.58. The third-order valence-electron chi connectivity index (χ3n) is 3.48. The Morgan fingerprint density at radius 1 is 1.30 bits per heavy atom. The van der Waals surface area contributed by atoms with E-state index < -0.39 is 0 Å². The molecule has 4 heteroatoms. The van der Waals surface area contributed by atoms with Crippen LogP contribution in [-0.2, 0) is 4.79 Å². The van der Waals surface area contributed by atoms with Crippen LogP contribution in [0.3, 0.4) is 0 Å². The Bertz CT molecular complexity index is 655. The van der Waals surface area contributed by atoms with Gasteiger partial charge in [0.2, 0.25) is 0 Å². The van der Waals surface area contributed by atoms with Gasteiger partial charge in [-0.2, -0.15) is 0 Å². The molecule has 0 unspecified atom stereocenters. The summed E-state index contributed by atoms with van der Waals surface area (Å²) in [5.41, 5.74) is 1.15. The number of hydrogen-bond donors (Lipinski definition) is 2. The first kappa shape index (κ1) is 14.5. The number of H-pyrrole nitrogens is 1. The lowest BCUT2D eigenvalue weighted by Gasteiger charge is -2.01. The molecular weight excluding hydrogens is 252 g/mol. The summed E-state index contributed by atoms with van der Waals surface area (Å²) in [4.78, 5) is 24.5. The van der Waals surface area contributed by atoms with Crippen LogP contribution in [0.5, 0.6) is 0 Å². The van der Waals surface area contributed by atoms with Gasteiger partial charge in [0.15, 0.2) is 0 Å². The molecule has 3 rings (SSSR count). The summed E-state index contributed by atoms with van der Waals surface area (Å²) >= 11 is 0. The fourth-order valence-electron chi connectivity index (χ4n) is 2.34. The van der Waals surface area contributed by atoms with Crippen molar-refractivity contribution in [2.24, 2.45) is 0 Å². The molecule has 0 spiro atoms. The molecule has 1 fully saturated rings. The van der Waals surface area contributed by atoms with Gasteiger partial charge >= 0.3 is 0 Å². The second-order valence-electron chi connectivity index (χ2n) is 5.16. The second kappa shape index (κ2) is 6.48.